The zero-order valence-corrected chi connectivity index (χ0v) is 21.8. The van der Waals surface area contributed by atoms with Gasteiger partial charge in [-0.2, -0.15) is 0 Å². The molecule has 0 amide bonds. The van der Waals surface area contributed by atoms with Crippen LogP contribution in [0.25, 0.3) is 38.9 Å². The highest BCUT2D eigenvalue weighted by Crippen LogP contribution is 2.47. The molecule has 2 aliphatic rings. The molecular formula is C36H26N4. The van der Waals surface area contributed by atoms with Gasteiger partial charge in [0.25, 0.3) is 0 Å². The predicted molar refractivity (Wildman–Crippen MR) is 163 cm³/mol. The van der Waals surface area contributed by atoms with Gasteiger partial charge in [-0.05, 0) is 34.9 Å². The summed E-state index contributed by atoms with van der Waals surface area (Å²) in [6.07, 6.45) is 17.1. The van der Waals surface area contributed by atoms with Crippen LogP contribution in [0.5, 0.6) is 0 Å². The summed E-state index contributed by atoms with van der Waals surface area (Å²) in [7, 11) is 0. The average molecular weight is 515 g/mol. The van der Waals surface area contributed by atoms with E-state index in [-0.39, 0.29) is 12.0 Å². The minimum atomic E-state index is 0.0672. The molecular weight excluding hydrogens is 488 g/mol. The molecule has 1 aliphatic carbocycles. The van der Waals surface area contributed by atoms with Crippen molar-refractivity contribution in [2.45, 2.75) is 12.0 Å². The Balaban J connectivity index is 1.28. The summed E-state index contributed by atoms with van der Waals surface area (Å²) in [5, 5.41) is 0. The lowest BCUT2D eigenvalue weighted by Crippen LogP contribution is -2.35. The normalized spacial score (nSPS) is 17.2. The second-order valence-electron chi connectivity index (χ2n) is 10.3. The fraction of sp³-hybridized carbons (Fsp3) is 0.0556. The minimum Gasteiger partial charge on any atom is -0.323 e. The summed E-state index contributed by atoms with van der Waals surface area (Å²) >= 11 is 0. The van der Waals surface area contributed by atoms with Crippen molar-refractivity contribution in [2.75, 3.05) is 4.90 Å². The van der Waals surface area contributed by atoms with Gasteiger partial charge in [0.05, 0.1) is 17.2 Å². The zero-order chi connectivity index (χ0) is 26.5. The second kappa shape index (κ2) is 9.21. The number of hydrogen-bond donors (Lipinski definition) is 0. The number of allylic oxidation sites excluding steroid dienone is 2. The summed E-state index contributed by atoms with van der Waals surface area (Å²) in [4.78, 5) is 12.4. The van der Waals surface area contributed by atoms with Crippen molar-refractivity contribution >= 4 is 17.2 Å². The number of benzene rings is 3. The minimum absolute atomic E-state index is 0.0672. The summed E-state index contributed by atoms with van der Waals surface area (Å²) in [6, 6.07) is 34.3. The zero-order valence-electron chi connectivity index (χ0n) is 21.8. The molecule has 6 aromatic rings. The molecule has 0 fully saturated rings. The number of nitrogens with zero attached hydrogens (tertiary/aromatic N) is 4. The van der Waals surface area contributed by atoms with Crippen LogP contribution in [-0.2, 0) is 0 Å². The van der Waals surface area contributed by atoms with Gasteiger partial charge in [0, 0.05) is 53.0 Å². The van der Waals surface area contributed by atoms with E-state index < -0.39 is 0 Å². The third kappa shape index (κ3) is 3.53. The molecule has 0 saturated carbocycles. The van der Waals surface area contributed by atoms with Crippen LogP contribution in [0.4, 0.5) is 11.6 Å². The van der Waals surface area contributed by atoms with Gasteiger partial charge in [-0.15, -0.1) is 0 Å². The SMILES string of the molecule is C1=CC2c3ccccc3-c3ccccc3N(c3ncc(-c4cn5ccccc5c4-c4ccccc4)cn3)C2C=C1. The summed E-state index contributed by atoms with van der Waals surface area (Å²) in [6.45, 7) is 0. The van der Waals surface area contributed by atoms with E-state index >= 15 is 0 Å². The van der Waals surface area contributed by atoms with E-state index in [0.29, 0.717) is 5.95 Å². The third-order valence-electron chi connectivity index (χ3n) is 8.09. The fourth-order valence-corrected chi connectivity index (χ4v) is 6.31. The Bertz CT molecular complexity index is 1910. The molecule has 4 heteroatoms. The van der Waals surface area contributed by atoms with Crippen molar-refractivity contribution in [3.05, 3.63) is 152 Å². The van der Waals surface area contributed by atoms with Crippen LogP contribution in [0.2, 0.25) is 0 Å². The molecule has 0 radical (unpaired) electrons. The van der Waals surface area contributed by atoms with Crippen LogP contribution in [0, 0.1) is 0 Å². The number of rotatable bonds is 3. The molecule has 4 nitrogen and oxygen atoms in total. The van der Waals surface area contributed by atoms with Crippen LogP contribution in [0.3, 0.4) is 0 Å². The fourth-order valence-electron chi connectivity index (χ4n) is 6.31. The summed E-state index contributed by atoms with van der Waals surface area (Å²) in [5.74, 6) is 0.891. The van der Waals surface area contributed by atoms with Gasteiger partial charge in [-0.3, -0.25) is 0 Å². The Kier molecular flexibility index (Phi) is 5.23. The van der Waals surface area contributed by atoms with E-state index in [1.54, 1.807) is 0 Å². The summed E-state index contributed by atoms with van der Waals surface area (Å²) < 4.78 is 2.18. The Morgan fingerprint density at radius 3 is 2.20 bits per heavy atom. The smallest absolute Gasteiger partial charge is 0.230 e. The second-order valence-corrected chi connectivity index (χ2v) is 10.3. The molecule has 1 aliphatic heterocycles. The Morgan fingerprint density at radius 2 is 1.32 bits per heavy atom. The van der Waals surface area contributed by atoms with Crippen molar-refractivity contribution in [1.29, 1.82) is 0 Å². The van der Waals surface area contributed by atoms with Gasteiger partial charge in [0.1, 0.15) is 0 Å². The molecule has 0 N–H and O–H groups in total. The maximum absolute atomic E-state index is 5.03. The van der Waals surface area contributed by atoms with Crippen LogP contribution in [0.15, 0.2) is 146 Å². The lowest BCUT2D eigenvalue weighted by atomic mass is 9.85. The molecule has 4 heterocycles. The quantitative estimate of drug-likeness (QED) is 0.238. The van der Waals surface area contributed by atoms with Gasteiger partial charge in [0.15, 0.2) is 0 Å². The molecule has 3 aromatic carbocycles. The van der Waals surface area contributed by atoms with E-state index in [9.17, 15) is 0 Å². The largest absolute Gasteiger partial charge is 0.323 e. The first-order valence-electron chi connectivity index (χ1n) is 13.7. The topological polar surface area (TPSA) is 33.4 Å². The maximum Gasteiger partial charge on any atom is 0.230 e. The van der Waals surface area contributed by atoms with Gasteiger partial charge in [0.2, 0.25) is 5.95 Å². The van der Waals surface area contributed by atoms with Crippen molar-refractivity contribution in [2.24, 2.45) is 0 Å². The summed E-state index contributed by atoms with van der Waals surface area (Å²) in [5.41, 5.74) is 10.5. The first kappa shape index (κ1) is 22.7. The molecule has 190 valence electrons. The monoisotopic (exact) mass is 514 g/mol. The van der Waals surface area contributed by atoms with Crippen molar-refractivity contribution in [3.63, 3.8) is 0 Å². The van der Waals surface area contributed by atoms with E-state index in [1.165, 1.54) is 27.8 Å². The lowest BCUT2D eigenvalue weighted by Gasteiger charge is -2.34. The molecule has 8 rings (SSSR count). The van der Waals surface area contributed by atoms with Crippen LogP contribution in [0.1, 0.15) is 11.5 Å². The molecule has 0 bridgehead atoms. The Morgan fingerprint density at radius 1 is 0.600 bits per heavy atom. The number of anilines is 2. The Labute approximate surface area is 233 Å². The predicted octanol–water partition coefficient (Wildman–Crippen LogP) is 8.46. The standard InChI is InChI=1S/C36H26N4/c1-2-12-25(13-3-1)35-31(24-39-21-11-10-20-34(35)39)26-22-37-36(38-23-26)40-32-18-8-6-16-29(32)27-14-4-5-15-28(27)30-17-7-9-19-33(30)40/h1-24,29,32H. The van der Waals surface area contributed by atoms with Gasteiger partial charge < -0.3 is 9.30 Å². The van der Waals surface area contributed by atoms with E-state index in [2.05, 4.69) is 143 Å². The van der Waals surface area contributed by atoms with E-state index in [1.807, 2.05) is 12.4 Å². The van der Waals surface area contributed by atoms with Crippen LogP contribution in [-0.4, -0.2) is 20.4 Å². The highest BCUT2D eigenvalue weighted by Gasteiger charge is 2.35. The first-order valence-corrected chi connectivity index (χ1v) is 13.7. The lowest BCUT2D eigenvalue weighted by molar-refractivity contribution is 0.684. The highest BCUT2D eigenvalue weighted by atomic mass is 15.3. The van der Waals surface area contributed by atoms with Crippen molar-refractivity contribution in [1.82, 2.24) is 14.4 Å². The average Bonchev–Trinajstić information content (AvgIpc) is 3.37. The van der Waals surface area contributed by atoms with Gasteiger partial charge in [-0.1, -0.05) is 103 Å². The number of hydrogen-bond acceptors (Lipinski definition) is 3. The Hall–Kier alpha value is -5.22. The molecule has 0 spiro atoms. The highest BCUT2D eigenvalue weighted by molar-refractivity contribution is 5.94. The van der Waals surface area contributed by atoms with Crippen molar-refractivity contribution < 1.29 is 0 Å². The van der Waals surface area contributed by atoms with Gasteiger partial charge in [-0.25, -0.2) is 9.97 Å². The van der Waals surface area contributed by atoms with Crippen LogP contribution >= 0.6 is 0 Å². The number of fused-ring (bicyclic) bond motifs is 6. The molecule has 40 heavy (non-hydrogen) atoms. The van der Waals surface area contributed by atoms with Crippen molar-refractivity contribution in [3.8, 4) is 33.4 Å². The van der Waals surface area contributed by atoms with E-state index in [4.69, 9.17) is 9.97 Å². The first-order chi connectivity index (χ1) is 19.9. The molecule has 2 atom stereocenters. The van der Waals surface area contributed by atoms with Gasteiger partial charge >= 0.3 is 0 Å². The third-order valence-corrected chi connectivity index (χ3v) is 8.09. The molecule has 3 aromatic heterocycles. The molecule has 0 saturated heterocycles. The maximum atomic E-state index is 5.03. The van der Waals surface area contributed by atoms with E-state index in [0.717, 1.165) is 22.3 Å². The number of para-hydroxylation sites is 1. The molecule has 2 unspecified atom stereocenters. The number of pyridine rings is 1. The van der Waals surface area contributed by atoms with Crippen LogP contribution < -0.4 is 4.90 Å². The number of aromatic nitrogens is 3.